The van der Waals surface area contributed by atoms with Crippen LogP contribution in [0.15, 0.2) is 72.8 Å². The Bertz CT molecular complexity index is 1100. The number of rotatable bonds is 8. The van der Waals surface area contributed by atoms with Crippen LogP contribution < -0.4 is 15.2 Å². The number of methoxy groups -OCH3 is 2. The second-order valence-corrected chi connectivity index (χ2v) is 7.05. The molecule has 0 aliphatic rings. The van der Waals surface area contributed by atoms with Crippen molar-refractivity contribution in [1.29, 1.82) is 0 Å². The summed E-state index contributed by atoms with van der Waals surface area (Å²) < 4.78 is 10.9. The molecule has 0 spiro atoms. The summed E-state index contributed by atoms with van der Waals surface area (Å²) in [7, 11) is 2.98. The lowest BCUT2D eigenvalue weighted by Crippen LogP contribution is -2.45. The summed E-state index contributed by atoms with van der Waals surface area (Å²) in [5.74, 6) is 0.683. The third-order valence-electron chi connectivity index (χ3n) is 5.22. The highest BCUT2D eigenvalue weighted by atomic mass is 16.6. The van der Waals surface area contributed by atoms with E-state index in [1.54, 1.807) is 48.5 Å². The van der Waals surface area contributed by atoms with Gasteiger partial charge in [-0.3, -0.25) is 10.1 Å². The number of ether oxygens (including phenoxy) is 2. The number of nitro groups is 1. The summed E-state index contributed by atoms with van der Waals surface area (Å²) in [5, 5.41) is 33.2. The van der Waals surface area contributed by atoms with E-state index in [4.69, 9.17) is 15.2 Å². The fourth-order valence-electron chi connectivity index (χ4n) is 3.56. The SMILES string of the molecule is COc1ccccc1C(O)(c1ccccc1OC)C(N)C=Cc1cc([N+](=O)[O-])ccc1O. The van der Waals surface area contributed by atoms with E-state index in [0.717, 1.165) is 0 Å². The number of benzene rings is 3. The number of phenols is 1. The fourth-order valence-corrected chi connectivity index (χ4v) is 3.56. The fraction of sp³-hybridized carbons (Fsp3) is 0.167. The number of aliphatic hydroxyl groups is 1. The average molecular weight is 436 g/mol. The molecule has 32 heavy (non-hydrogen) atoms. The van der Waals surface area contributed by atoms with Gasteiger partial charge in [-0.05, 0) is 18.2 Å². The summed E-state index contributed by atoms with van der Waals surface area (Å²) in [6.07, 6.45) is 2.90. The molecular formula is C24H24N2O6. The van der Waals surface area contributed by atoms with Crippen LogP contribution >= 0.6 is 0 Å². The molecule has 0 saturated heterocycles. The number of nitrogens with two attached hydrogens (primary N) is 1. The lowest BCUT2D eigenvalue weighted by molar-refractivity contribution is -0.384. The minimum Gasteiger partial charge on any atom is -0.507 e. The number of nitrogens with zero attached hydrogens (tertiary/aromatic N) is 1. The van der Waals surface area contributed by atoms with Gasteiger partial charge in [0.05, 0.1) is 25.2 Å². The van der Waals surface area contributed by atoms with Gasteiger partial charge < -0.3 is 25.4 Å². The van der Waals surface area contributed by atoms with Gasteiger partial charge in [-0.1, -0.05) is 48.6 Å². The summed E-state index contributed by atoms with van der Waals surface area (Å²) in [6.45, 7) is 0. The molecule has 3 aromatic rings. The lowest BCUT2D eigenvalue weighted by Gasteiger charge is -2.35. The monoisotopic (exact) mass is 436 g/mol. The molecule has 166 valence electrons. The van der Waals surface area contributed by atoms with Crippen molar-refractivity contribution in [1.82, 2.24) is 0 Å². The van der Waals surface area contributed by atoms with Gasteiger partial charge in [-0.2, -0.15) is 0 Å². The molecular weight excluding hydrogens is 412 g/mol. The van der Waals surface area contributed by atoms with Gasteiger partial charge in [0, 0.05) is 28.8 Å². The van der Waals surface area contributed by atoms with Crippen LogP contribution in [0, 0.1) is 10.1 Å². The van der Waals surface area contributed by atoms with Gasteiger partial charge in [-0.25, -0.2) is 0 Å². The first-order chi connectivity index (χ1) is 15.3. The number of aromatic hydroxyl groups is 1. The molecule has 0 saturated carbocycles. The molecule has 3 aromatic carbocycles. The maximum Gasteiger partial charge on any atom is 0.270 e. The molecule has 8 nitrogen and oxygen atoms in total. The van der Waals surface area contributed by atoms with Gasteiger partial charge in [0.1, 0.15) is 22.8 Å². The molecule has 0 radical (unpaired) electrons. The molecule has 0 amide bonds. The van der Waals surface area contributed by atoms with Gasteiger partial charge in [-0.15, -0.1) is 0 Å². The highest BCUT2D eigenvalue weighted by Crippen LogP contribution is 2.42. The zero-order chi connectivity index (χ0) is 23.3. The van der Waals surface area contributed by atoms with E-state index in [0.29, 0.717) is 22.6 Å². The molecule has 0 fully saturated rings. The Morgan fingerprint density at radius 2 is 1.53 bits per heavy atom. The first kappa shape index (κ1) is 22.8. The summed E-state index contributed by atoms with van der Waals surface area (Å²) >= 11 is 0. The van der Waals surface area contributed by atoms with Gasteiger partial charge in [0.25, 0.3) is 5.69 Å². The smallest absolute Gasteiger partial charge is 0.270 e. The Morgan fingerprint density at radius 3 is 2.03 bits per heavy atom. The van der Waals surface area contributed by atoms with Crippen molar-refractivity contribution < 1.29 is 24.6 Å². The Kier molecular flexibility index (Phi) is 6.77. The van der Waals surface area contributed by atoms with Crippen LogP contribution in [0.3, 0.4) is 0 Å². The Labute approximate surface area is 185 Å². The summed E-state index contributed by atoms with van der Waals surface area (Å²) in [5.41, 5.74) is 5.54. The highest BCUT2D eigenvalue weighted by Gasteiger charge is 2.41. The van der Waals surface area contributed by atoms with Crippen LogP contribution in [0.2, 0.25) is 0 Å². The van der Waals surface area contributed by atoms with Crippen molar-refractivity contribution >= 4 is 11.8 Å². The van der Waals surface area contributed by atoms with Crippen molar-refractivity contribution in [2.24, 2.45) is 5.73 Å². The van der Waals surface area contributed by atoms with Crippen LogP contribution in [-0.2, 0) is 5.60 Å². The summed E-state index contributed by atoms with van der Waals surface area (Å²) in [6, 6.07) is 16.5. The Morgan fingerprint density at radius 1 is 1.00 bits per heavy atom. The largest absolute Gasteiger partial charge is 0.507 e. The second kappa shape index (κ2) is 9.51. The van der Waals surface area contributed by atoms with E-state index < -0.39 is 16.6 Å². The molecule has 0 aliphatic carbocycles. The quantitative estimate of drug-likeness (QED) is 0.364. The topological polar surface area (TPSA) is 128 Å². The molecule has 1 atom stereocenters. The van der Waals surface area contributed by atoms with Crippen LogP contribution in [0.1, 0.15) is 16.7 Å². The summed E-state index contributed by atoms with van der Waals surface area (Å²) in [4.78, 5) is 10.5. The lowest BCUT2D eigenvalue weighted by atomic mass is 9.79. The first-order valence-electron chi connectivity index (χ1n) is 9.73. The van der Waals surface area contributed by atoms with Crippen molar-refractivity contribution in [3.8, 4) is 17.2 Å². The standard InChI is InChI=1S/C24H24N2O6/c1-31-21-9-5-3-7-18(21)24(28,19-8-4-6-10-22(19)32-2)23(25)14-11-16-15-17(26(29)30)12-13-20(16)27/h3-15,23,27-28H,25H2,1-2H3. The van der Waals surface area contributed by atoms with Gasteiger partial charge in [0.2, 0.25) is 0 Å². The number of phenolic OH excluding ortho intramolecular Hbond substituents is 1. The zero-order valence-corrected chi connectivity index (χ0v) is 17.6. The molecule has 0 bridgehead atoms. The van der Waals surface area contributed by atoms with Crippen LogP contribution in [0.25, 0.3) is 6.08 Å². The van der Waals surface area contributed by atoms with Crippen LogP contribution in [0.5, 0.6) is 17.2 Å². The second-order valence-electron chi connectivity index (χ2n) is 7.05. The third-order valence-corrected chi connectivity index (χ3v) is 5.22. The number of nitro benzene ring substituents is 1. The normalized spacial score (nSPS) is 12.5. The number of non-ortho nitro benzene ring substituents is 1. The van der Waals surface area contributed by atoms with Crippen LogP contribution in [0.4, 0.5) is 5.69 Å². The Hall–Kier alpha value is -3.88. The highest BCUT2D eigenvalue weighted by molar-refractivity contribution is 5.62. The third kappa shape index (κ3) is 4.27. The molecule has 0 heterocycles. The van der Waals surface area contributed by atoms with Crippen molar-refractivity contribution in [2.45, 2.75) is 11.6 Å². The van der Waals surface area contributed by atoms with Crippen molar-refractivity contribution in [3.63, 3.8) is 0 Å². The molecule has 4 N–H and O–H groups in total. The predicted molar refractivity (Wildman–Crippen MR) is 121 cm³/mol. The van der Waals surface area contributed by atoms with E-state index in [9.17, 15) is 20.3 Å². The Balaban J connectivity index is 2.15. The minimum atomic E-state index is -1.79. The maximum atomic E-state index is 12.0. The van der Waals surface area contributed by atoms with Crippen molar-refractivity contribution in [3.05, 3.63) is 99.6 Å². The van der Waals surface area contributed by atoms with E-state index in [1.165, 1.54) is 44.6 Å². The molecule has 1 unspecified atom stereocenters. The van der Waals surface area contributed by atoms with E-state index in [-0.39, 0.29) is 17.0 Å². The maximum absolute atomic E-state index is 12.0. The van der Waals surface area contributed by atoms with Crippen molar-refractivity contribution in [2.75, 3.05) is 14.2 Å². The van der Waals surface area contributed by atoms with Gasteiger partial charge >= 0.3 is 0 Å². The van der Waals surface area contributed by atoms with E-state index >= 15 is 0 Å². The number of hydrogen-bond donors (Lipinski definition) is 3. The number of para-hydroxylation sites is 2. The average Bonchev–Trinajstić information content (AvgIpc) is 2.82. The first-order valence-corrected chi connectivity index (χ1v) is 9.73. The molecule has 0 aliphatic heterocycles. The predicted octanol–water partition coefficient (Wildman–Crippen LogP) is 3.59. The molecule has 0 aromatic heterocycles. The molecule has 3 rings (SSSR count). The minimum absolute atomic E-state index is 0.155. The van der Waals surface area contributed by atoms with Gasteiger partial charge in [0.15, 0.2) is 0 Å². The zero-order valence-electron chi connectivity index (χ0n) is 17.6. The van der Waals surface area contributed by atoms with E-state index in [1.807, 2.05) is 0 Å². The number of hydrogen-bond acceptors (Lipinski definition) is 7. The van der Waals surface area contributed by atoms with Crippen LogP contribution in [-0.4, -0.2) is 35.4 Å². The molecule has 8 heteroatoms. The van der Waals surface area contributed by atoms with E-state index in [2.05, 4.69) is 0 Å².